The van der Waals surface area contributed by atoms with Gasteiger partial charge in [-0.3, -0.25) is 4.99 Å². The van der Waals surface area contributed by atoms with Crippen molar-refractivity contribution in [2.75, 3.05) is 19.8 Å². The van der Waals surface area contributed by atoms with Gasteiger partial charge < -0.3 is 16.0 Å². The van der Waals surface area contributed by atoms with E-state index in [0.29, 0.717) is 19.2 Å². The summed E-state index contributed by atoms with van der Waals surface area (Å²) in [4.78, 5) is 11.7. The van der Waals surface area contributed by atoms with Crippen LogP contribution in [0.2, 0.25) is 6.32 Å². The van der Waals surface area contributed by atoms with Crippen molar-refractivity contribution in [1.29, 1.82) is 0 Å². The number of nitrogens with one attached hydrogen (secondary N) is 1. The molecule has 0 spiro atoms. The highest BCUT2D eigenvalue weighted by molar-refractivity contribution is 8.01. The predicted molar refractivity (Wildman–Crippen MR) is 148 cm³/mol. The van der Waals surface area contributed by atoms with Gasteiger partial charge in [0.05, 0.1) is 12.0 Å². The van der Waals surface area contributed by atoms with E-state index in [1.54, 1.807) is 11.8 Å². The first-order chi connectivity index (χ1) is 15.8. The zero-order valence-electron chi connectivity index (χ0n) is 20.6. The van der Waals surface area contributed by atoms with Crippen LogP contribution in [0, 0.1) is 5.92 Å². The maximum absolute atomic E-state index is 5.69. The second-order valence-corrected chi connectivity index (χ2v) is 10.1. The second kappa shape index (κ2) is 11.6. The molecule has 0 amide bonds. The van der Waals surface area contributed by atoms with Crippen LogP contribution in [0.3, 0.4) is 0 Å². The molecule has 33 heavy (non-hydrogen) atoms. The Kier molecular flexibility index (Phi) is 8.90. The van der Waals surface area contributed by atoms with Crippen molar-refractivity contribution >= 4 is 30.5 Å². The standard InChI is InChI=1S/C26H38BN5S/c1-18(2)11-21-7-8-25-27(13-21)14-23(31-25)26(24(16-33-6)30-17-28)29-10-9-22-12-19(3)20(4)15-32(22)5/h12,14-17,21,25,31H,1,3,7-11,13H2,2,4-6H3,(H2,28,30)/b24-16-,29-26-/t21?,25-/m0/s1. The summed E-state index contributed by atoms with van der Waals surface area (Å²) in [5, 5.41) is 5.79. The highest BCUT2D eigenvalue weighted by atomic mass is 32.2. The molecule has 1 fully saturated rings. The summed E-state index contributed by atoms with van der Waals surface area (Å²) < 4.78 is 0. The van der Waals surface area contributed by atoms with Gasteiger partial charge in [0.1, 0.15) is 5.71 Å². The van der Waals surface area contributed by atoms with Crippen LogP contribution in [0.25, 0.3) is 0 Å². The molecule has 3 rings (SSSR count). The van der Waals surface area contributed by atoms with Crippen LogP contribution < -0.4 is 11.1 Å². The number of nitrogens with two attached hydrogens (primary N) is 1. The Labute approximate surface area is 204 Å². The fraction of sp³-hybridized carbons (Fsp3) is 0.462. The molecule has 0 aliphatic carbocycles. The van der Waals surface area contributed by atoms with E-state index in [2.05, 4.69) is 67.5 Å². The predicted octanol–water partition coefficient (Wildman–Crippen LogP) is 5.10. The first kappa shape index (κ1) is 25.2. The Morgan fingerprint density at radius 2 is 2.21 bits per heavy atom. The lowest BCUT2D eigenvalue weighted by Crippen LogP contribution is -2.41. The molecule has 1 saturated heterocycles. The Morgan fingerprint density at radius 1 is 1.42 bits per heavy atom. The molecule has 0 aromatic heterocycles. The minimum atomic E-state index is 0.479. The molecule has 3 heterocycles. The summed E-state index contributed by atoms with van der Waals surface area (Å²) in [5.41, 5.74) is 13.3. The topological polar surface area (TPSA) is 66.0 Å². The Balaban J connectivity index is 1.80. The van der Waals surface area contributed by atoms with E-state index < -0.39 is 0 Å². The molecule has 3 N–H and O–H groups in total. The van der Waals surface area contributed by atoms with Gasteiger partial charge in [-0.05, 0) is 67.9 Å². The normalized spacial score (nSPS) is 23.9. The molecule has 0 radical (unpaired) electrons. The van der Waals surface area contributed by atoms with Crippen LogP contribution in [-0.4, -0.2) is 49.5 Å². The second-order valence-electron chi connectivity index (χ2n) is 9.42. The van der Waals surface area contributed by atoms with E-state index in [9.17, 15) is 0 Å². The average Bonchev–Trinajstić information content (AvgIpc) is 3.17. The molecule has 1 unspecified atom stereocenters. The molecule has 0 aromatic rings. The lowest BCUT2D eigenvalue weighted by atomic mass is 9.37. The largest absolute Gasteiger partial charge is 0.390 e. The SMILES string of the molecule is C=C(C)CC1CC[C@@H]2NC(C(=N/CCC3=CC(=C)C(C)=CN3C)/C(=C/SC)/N=C/N)=CB2C1. The molecular weight excluding hydrogens is 425 g/mol. The zero-order valence-corrected chi connectivity index (χ0v) is 21.4. The van der Waals surface area contributed by atoms with E-state index in [4.69, 9.17) is 10.7 Å². The van der Waals surface area contributed by atoms with Crippen molar-refractivity contribution in [3.05, 3.63) is 70.6 Å². The fourth-order valence-corrected chi connectivity index (χ4v) is 5.39. The van der Waals surface area contributed by atoms with Crippen LogP contribution in [0.15, 0.2) is 80.6 Å². The van der Waals surface area contributed by atoms with Gasteiger partial charge in [0, 0.05) is 43.5 Å². The number of hydrogen-bond acceptors (Lipinski definition) is 5. The molecule has 2 atom stereocenters. The van der Waals surface area contributed by atoms with E-state index >= 15 is 0 Å². The minimum Gasteiger partial charge on any atom is -0.390 e. The minimum absolute atomic E-state index is 0.479. The number of aliphatic imine (C=N–C) groups is 2. The van der Waals surface area contributed by atoms with Crippen molar-refractivity contribution in [1.82, 2.24) is 10.2 Å². The molecule has 0 bridgehead atoms. The van der Waals surface area contributed by atoms with Gasteiger partial charge in [0.15, 0.2) is 6.71 Å². The van der Waals surface area contributed by atoms with Crippen molar-refractivity contribution in [3.8, 4) is 0 Å². The lowest BCUT2D eigenvalue weighted by molar-refractivity contribution is 0.455. The summed E-state index contributed by atoms with van der Waals surface area (Å²) >= 11 is 1.62. The zero-order chi connectivity index (χ0) is 24.0. The highest BCUT2D eigenvalue weighted by Gasteiger charge is 2.37. The molecule has 176 valence electrons. The summed E-state index contributed by atoms with van der Waals surface area (Å²) in [5.74, 6) is 3.59. The Bertz CT molecular complexity index is 956. The Morgan fingerprint density at radius 3 is 2.91 bits per heavy atom. The molecule has 0 saturated carbocycles. The number of thioether (sulfide) groups is 1. The van der Waals surface area contributed by atoms with Crippen molar-refractivity contribution in [3.63, 3.8) is 0 Å². The van der Waals surface area contributed by atoms with E-state index in [-0.39, 0.29) is 0 Å². The fourth-order valence-electron chi connectivity index (χ4n) is 4.99. The highest BCUT2D eigenvalue weighted by Crippen LogP contribution is 2.34. The van der Waals surface area contributed by atoms with Crippen LogP contribution >= 0.6 is 11.8 Å². The van der Waals surface area contributed by atoms with Crippen LogP contribution in [0.4, 0.5) is 0 Å². The maximum atomic E-state index is 5.69. The molecule has 0 aromatic carbocycles. The third-order valence-electron chi connectivity index (χ3n) is 6.63. The summed E-state index contributed by atoms with van der Waals surface area (Å²) in [7, 11) is 2.08. The molecule has 3 aliphatic heterocycles. The monoisotopic (exact) mass is 463 g/mol. The van der Waals surface area contributed by atoms with Crippen molar-refractivity contribution in [2.24, 2.45) is 21.6 Å². The van der Waals surface area contributed by atoms with Crippen molar-refractivity contribution < 1.29 is 0 Å². The van der Waals surface area contributed by atoms with Crippen LogP contribution in [-0.2, 0) is 0 Å². The van der Waals surface area contributed by atoms with Gasteiger partial charge in [-0.15, -0.1) is 18.3 Å². The smallest absolute Gasteiger partial charge is 0.195 e. The van der Waals surface area contributed by atoms with Gasteiger partial charge in [-0.25, -0.2) is 4.99 Å². The van der Waals surface area contributed by atoms with Gasteiger partial charge >= 0.3 is 0 Å². The van der Waals surface area contributed by atoms with Gasteiger partial charge in [0.2, 0.25) is 0 Å². The van der Waals surface area contributed by atoms with Gasteiger partial charge in [0.25, 0.3) is 0 Å². The number of rotatable bonds is 9. The average molecular weight is 464 g/mol. The first-order valence-corrected chi connectivity index (χ1v) is 13.1. The molecule has 7 heteroatoms. The van der Waals surface area contributed by atoms with Gasteiger partial charge in [-0.1, -0.05) is 24.4 Å². The van der Waals surface area contributed by atoms with Crippen LogP contribution in [0.5, 0.6) is 0 Å². The summed E-state index contributed by atoms with van der Waals surface area (Å²) in [6.45, 7) is 13.7. The first-order valence-electron chi connectivity index (χ1n) is 11.8. The number of allylic oxidation sites excluding steroid dienone is 4. The van der Waals surface area contributed by atoms with E-state index in [1.165, 1.54) is 42.3 Å². The number of hydrogen-bond donors (Lipinski definition) is 2. The maximum Gasteiger partial charge on any atom is 0.195 e. The van der Waals surface area contributed by atoms with Crippen LogP contribution in [0.1, 0.15) is 39.5 Å². The third kappa shape index (κ3) is 6.56. The van der Waals surface area contributed by atoms with Gasteiger partial charge in [-0.2, -0.15) is 0 Å². The van der Waals surface area contributed by atoms with Crippen molar-refractivity contribution in [2.45, 2.75) is 51.8 Å². The third-order valence-corrected chi connectivity index (χ3v) is 7.09. The lowest BCUT2D eigenvalue weighted by Gasteiger charge is -2.30. The molecule has 5 nitrogen and oxygen atoms in total. The number of fused-ring (bicyclic) bond motifs is 1. The Hall–Kier alpha value is -2.41. The summed E-state index contributed by atoms with van der Waals surface area (Å²) in [6, 6.07) is 0. The van der Waals surface area contributed by atoms with E-state index in [1.807, 2.05) is 11.7 Å². The quantitative estimate of drug-likeness (QED) is 0.216. The van der Waals surface area contributed by atoms with E-state index in [0.717, 1.165) is 41.4 Å². The molecule has 3 aliphatic rings. The summed E-state index contributed by atoms with van der Waals surface area (Å²) in [6.07, 6.45) is 13.3. The molecular formula is C26H38BN5S. The number of nitrogens with zero attached hydrogens (tertiary/aromatic N) is 3.